The van der Waals surface area contributed by atoms with Crippen molar-refractivity contribution >= 4 is 17.2 Å². The SMILES string of the molecule is C.NC(=S)c1ccc[n+]([C@@H]2O[C@H](CO)[C@@H](O)[C@H]2O)c1. The predicted molar refractivity (Wildman–Crippen MR) is 72.3 cm³/mol. The van der Waals surface area contributed by atoms with Crippen molar-refractivity contribution < 1.29 is 24.6 Å². The Morgan fingerprint density at radius 3 is 2.63 bits per heavy atom. The van der Waals surface area contributed by atoms with E-state index < -0.39 is 24.5 Å². The zero-order valence-corrected chi connectivity index (χ0v) is 10.3. The molecule has 0 unspecified atom stereocenters. The van der Waals surface area contributed by atoms with Crippen molar-refractivity contribution in [2.45, 2.75) is 32.0 Å². The van der Waals surface area contributed by atoms with Gasteiger partial charge in [0.2, 0.25) is 0 Å². The molecular weight excluding hydrogens is 268 g/mol. The summed E-state index contributed by atoms with van der Waals surface area (Å²) >= 11 is 4.87. The van der Waals surface area contributed by atoms with Gasteiger partial charge in [-0.3, -0.25) is 0 Å². The zero-order valence-electron chi connectivity index (χ0n) is 9.51. The monoisotopic (exact) mass is 287 g/mol. The summed E-state index contributed by atoms with van der Waals surface area (Å²) in [6.45, 7) is -0.357. The van der Waals surface area contributed by atoms with Gasteiger partial charge >= 0.3 is 0 Å². The molecule has 106 valence electrons. The second kappa shape index (κ2) is 6.36. The standard InChI is InChI=1S/C11H14N2O4S.CH4/c12-10(18)6-2-1-3-13(4-6)11-9(16)8(15)7(5-14)17-11;/h1-4,7-9,11,14-16H,5H2,(H-,12,18);1H4/p+1/t7-,8-,9-,11-;/m1./s1. The number of hydrogen-bond donors (Lipinski definition) is 4. The first kappa shape index (κ1) is 15.9. The van der Waals surface area contributed by atoms with Gasteiger partial charge in [0.25, 0.3) is 6.23 Å². The molecule has 6 nitrogen and oxygen atoms in total. The molecule has 0 spiro atoms. The molecule has 0 aromatic carbocycles. The zero-order chi connectivity index (χ0) is 13.3. The fourth-order valence-electron chi connectivity index (χ4n) is 1.92. The number of thiocarbonyl (C=S) groups is 1. The number of hydrogen-bond acceptors (Lipinski definition) is 5. The smallest absolute Gasteiger partial charge is 0.292 e. The average Bonchev–Trinajstić information content (AvgIpc) is 2.66. The molecule has 1 aliphatic heterocycles. The molecule has 4 atom stereocenters. The Kier molecular flexibility index (Phi) is 5.33. The van der Waals surface area contributed by atoms with Crippen molar-refractivity contribution in [2.75, 3.05) is 6.61 Å². The number of ether oxygens (including phenoxy) is 1. The molecule has 0 radical (unpaired) electrons. The maximum absolute atomic E-state index is 9.87. The van der Waals surface area contributed by atoms with E-state index in [0.29, 0.717) is 5.56 Å². The van der Waals surface area contributed by atoms with Crippen molar-refractivity contribution in [3.05, 3.63) is 30.1 Å². The molecule has 1 saturated heterocycles. The minimum absolute atomic E-state index is 0. The first-order chi connectivity index (χ1) is 8.54. The van der Waals surface area contributed by atoms with Gasteiger partial charge in [-0.2, -0.15) is 4.57 Å². The van der Waals surface area contributed by atoms with E-state index in [1.165, 1.54) is 0 Å². The number of rotatable bonds is 3. The third-order valence-corrected chi connectivity index (χ3v) is 3.15. The van der Waals surface area contributed by atoms with Crippen LogP contribution in [0.1, 0.15) is 19.2 Å². The third kappa shape index (κ3) is 3.07. The van der Waals surface area contributed by atoms with E-state index in [4.69, 9.17) is 27.8 Å². The van der Waals surface area contributed by atoms with Crippen molar-refractivity contribution in [2.24, 2.45) is 5.73 Å². The van der Waals surface area contributed by atoms with Crippen molar-refractivity contribution in [3.8, 4) is 0 Å². The summed E-state index contributed by atoms with van der Waals surface area (Å²) < 4.78 is 6.95. The van der Waals surface area contributed by atoms with Crippen LogP contribution in [0.3, 0.4) is 0 Å². The molecule has 2 rings (SSSR count). The molecule has 19 heavy (non-hydrogen) atoms. The van der Waals surface area contributed by atoms with Crippen molar-refractivity contribution in [1.82, 2.24) is 0 Å². The van der Waals surface area contributed by atoms with Crippen LogP contribution in [0.25, 0.3) is 0 Å². The summed E-state index contributed by atoms with van der Waals surface area (Å²) in [5.74, 6) is 0. The Balaban J connectivity index is 0.00000180. The van der Waals surface area contributed by atoms with Crippen LogP contribution in [0.2, 0.25) is 0 Å². The summed E-state index contributed by atoms with van der Waals surface area (Å²) in [7, 11) is 0. The van der Waals surface area contributed by atoms with E-state index in [0.717, 1.165) is 0 Å². The number of aliphatic hydroxyl groups is 3. The van der Waals surface area contributed by atoms with Gasteiger partial charge in [0.15, 0.2) is 18.5 Å². The lowest BCUT2D eigenvalue weighted by atomic mass is 10.1. The highest BCUT2D eigenvalue weighted by Crippen LogP contribution is 2.24. The summed E-state index contributed by atoms with van der Waals surface area (Å²) in [4.78, 5) is 0.232. The Labute approximate surface area is 117 Å². The number of nitrogens with zero attached hydrogens (tertiary/aromatic N) is 1. The lowest BCUT2D eigenvalue weighted by molar-refractivity contribution is -0.765. The van der Waals surface area contributed by atoms with Crippen LogP contribution in [0, 0.1) is 0 Å². The van der Waals surface area contributed by atoms with Gasteiger partial charge < -0.3 is 25.8 Å². The second-order valence-corrected chi connectivity index (χ2v) is 4.57. The Morgan fingerprint density at radius 1 is 1.42 bits per heavy atom. The van der Waals surface area contributed by atoms with Crippen LogP contribution < -0.4 is 10.3 Å². The molecular formula is C12H19N2O4S+. The van der Waals surface area contributed by atoms with Gasteiger partial charge in [0, 0.05) is 6.07 Å². The van der Waals surface area contributed by atoms with E-state index in [1.807, 2.05) is 0 Å². The average molecular weight is 287 g/mol. The second-order valence-electron chi connectivity index (χ2n) is 4.13. The maximum Gasteiger partial charge on any atom is 0.292 e. The third-order valence-electron chi connectivity index (χ3n) is 2.92. The van der Waals surface area contributed by atoms with Gasteiger partial charge in [-0.05, 0) is 6.07 Å². The fourth-order valence-corrected chi connectivity index (χ4v) is 2.04. The highest BCUT2D eigenvalue weighted by atomic mass is 32.1. The Bertz CT molecular complexity index is 457. The van der Waals surface area contributed by atoms with E-state index in [-0.39, 0.29) is 19.0 Å². The summed E-state index contributed by atoms with van der Waals surface area (Å²) in [5, 5.41) is 28.6. The van der Waals surface area contributed by atoms with Gasteiger partial charge in [-0.15, -0.1) is 0 Å². The van der Waals surface area contributed by atoms with E-state index in [9.17, 15) is 10.2 Å². The quantitative estimate of drug-likeness (QED) is 0.414. The molecule has 1 aromatic rings. The molecule has 0 bridgehead atoms. The normalized spacial score (nSPS) is 29.8. The number of pyridine rings is 1. The maximum atomic E-state index is 9.87. The van der Waals surface area contributed by atoms with Crippen LogP contribution in [0.4, 0.5) is 0 Å². The Morgan fingerprint density at radius 2 is 2.11 bits per heavy atom. The van der Waals surface area contributed by atoms with Gasteiger partial charge in [-0.25, -0.2) is 0 Å². The number of nitrogens with two attached hydrogens (primary N) is 1. The predicted octanol–water partition coefficient (Wildman–Crippen LogP) is -1.14. The molecule has 5 N–H and O–H groups in total. The van der Waals surface area contributed by atoms with E-state index >= 15 is 0 Å². The molecule has 0 saturated carbocycles. The minimum atomic E-state index is -1.12. The van der Waals surface area contributed by atoms with Crippen LogP contribution in [0.15, 0.2) is 24.5 Å². The van der Waals surface area contributed by atoms with E-state index in [1.54, 1.807) is 29.1 Å². The summed E-state index contributed by atoms with van der Waals surface area (Å²) in [5.41, 5.74) is 6.15. The van der Waals surface area contributed by atoms with Gasteiger partial charge in [0.1, 0.15) is 17.2 Å². The lowest BCUT2D eigenvalue weighted by Crippen LogP contribution is -2.46. The van der Waals surface area contributed by atoms with Crippen LogP contribution in [0.5, 0.6) is 0 Å². The van der Waals surface area contributed by atoms with Crippen LogP contribution >= 0.6 is 12.2 Å². The van der Waals surface area contributed by atoms with Crippen molar-refractivity contribution in [1.29, 1.82) is 0 Å². The molecule has 1 aliphatic rings. The highest BCUT2D eigenvalue weighted by Gasteiger charge is 2.47. The largest absolute Gasteiger partial charge is 0.394 e. The number of aliphatic hydroxyl groups excluding tert-OH is 3. The molecule has 1 aromatic heterocycles. The fraction of sp³-hybridized carbons (Fsp3) is 0.500. The van der Waals surface area contributed by atoms with Gasteiger partial charge in [0.05, 0.1) is 12.2 Å². The molecule has 7 heteroatoms. The van der Waals surface area contributed by atoms with E-state index in [2.05, 4.69) is 0 Å². The first-order valence-corrected chi connectivity index (χ1v) is 5.88. The Hall–Kier alpha value is -1.12. The molecule has 0 amide bonds. The minimum Gasteiger partial charge on any atom is -0.394 e. The van der Waals surface area contributed by atoms with Crippen molar-refractivity contribution in [3.63, 3.8) is 0 Å². The lowest BCUT2D eigenvalue weighted by Gasteiger charge is -2.10. The topological polar surface area (TPSA) is 99.8 Å². The summed E-state index contributed by atoms with van der Waals surface area (Å²) in [6, 6.07) is 3.45. The number of aromatic nitrogens is 1. The molecule has 1 fully saturated rings. The molecule has 0 aliphatic carbocycles. The van der Waals surface area contributed by atoms with Gasteiger partial charge in [-0.1, -0.05) is 19.6 Å². The molecule has 2 heterocycles. The van der Waals surface area contributed by atoms with Crippen LogP contribution in [-0.4, -0.2) is 45.2 Å². The first-order valence-electron chi connectivity index (χ1n) is 5.47. The highest BCUT2D eigenvalue weighted by molar-refractivity contribution is 7.80. The van der Waals surface area contributed by atoms with Crippen LogP contribution in [-0.2, 0) is 4.74 Å². The summed E-state index contributed by atoms with van der Waals surface area (Å²) in [6.07, 6.45) is -0.516.